The van der Waals surface area contributed by atoms with Gasteiger partial charge in [0.1, 0.15) is 6.04 Å². The third-order valence-corrected chi connectivity index (χ3v) is 4.00. The molecule has 0 aliphatic carbocycles. The molecule has 0 radical (unpaired) electrons. The lowest BCUT2D eigenvalue weighted by atomic mass is 10.2. The Morgan fingerprint density at radius 3 is 2.75 bits per heavy atom. The molecule has 1 atom stereocenters. The van der Waals surface area contributed by atoms with E-state index in [-0.39, 0.29) is 12.5 Å². The normalized spacial score (nSPS) is 18.1. The fraction of sp³-hybridized carbons (Fsp3) is 0.385. The second-order valence-electron chi connectivity index (χ2n) is 4.63. The first-order chi connectivity index (χ1) is 9.49. The van der Waals surface area contributed by atoms with Crippen molar-refractivity contribution in [2.75, 3.05) is 18.4 Å². The number of nitrogens with one attached hydrogen (secondary N) is 1. The Bertz CT molecular complexity index is 536. The van der Waals surface area contributed by atoms with Crippen LogP contribution in [0.3, 0.4) is 0 Å². The number of carbonyl (C=O) groups is 2. The van der Waals surface area contributed by atoms with Crippen LogP contribution in [0.15, 0.2) is 18.2 Å². The molecule has 20 heavy (non-hydrogen) atoms. The standard InChI is InChI=1S/C13H15Cl2N3O2/c14-9-4-3-8(6-10(9)15)17-7-12(19)18-5-1-2-11(18)13(16)20/h3-4,6,11,17H,1-2,5,7H2,(H2,16,20)/t11-/m0/s1. The van der Waals surface area contributed by atoms with Gasteiger partial charge < -0.3 is 16.0 Å². The summed E-state index contributed by atoms with van der Waals surface area (Å²) in [5.41, 5.74) is 5.98. The zero-order chi connectivity index (χ0) is 14.7. The van der Waals surface area contributed by atoms with Crippen molar-refractivity contribution < 1.29 is 9.59 Å². The van der Waals surface area contributed by atoms with E-state index >= 15 is 0 Å². The number of benzene rings is 1. The summed E-state index contributed by atoms with van der Waals surface area (Å²) in [6.45, 7) is 0.650. The summed E-state index contributed by atoms with van der Waals surface area (Å²) in [6, 6.07) is 4.54. The SMILES string of the molecule is NC(=O)[C@@H]1CCCN1C(=O)CNc1ccc(Cl)c(Cl)c1. The summed E-state index contributed by atoms with van der Waals surface area (Å²) < 4.78 is 0. The molecular weight excluding hydrogens is 301 g/mol. The smallest absolute Gasteiger partial charge is 0.242 e. The molecule has 1 saturated heterocycles. The molecule has 1 aliphatic rings. The number of primary amides is 1. The van der Waals surface area contributed by atoms with E-state index in [0.29, 0.717) is 28.7 Å². The Morgan fingerprint density at radius 1 is 1.35 bits per heavy atom. The van der Waals surface area contributed by atoms with Crippen LogP contribution in [0.25, 0.3) is 0 Å². The third-order valence-electron chi connectivity index (χ3n) is 3.26. The molecule has 1 fully saturated rings. The van der Waals surface area contributed by atoms with E-state index in [1.165, 1.54) is 4.90 Å². The van der Waals surface area contributed by atoms with Crippen molar-refractivity contribution in [1.29, 1.82) is 0 Å². The molecule has 0 saturated carbocycles. The van der Waals surface area contributed by atoms with Crippen molar-refractivity contribution in [2.45, 2.75) is 18.9 Å². The summed E-state index contributed by atoms with van der Waals surface area (Å²) in [4.78, 5) is 24.9. The molecule has 0 spiro atoms. The van der Waals surface area contributed by atoms with Crippen LogP contribution in [0.5, 0.6) is 0 Å². The maximum absolute atomic E-state index is 12.1. The quantitative estimate of drug-likeness (QED) is 0.890. The topological polar surface area (TPSA) is 75.4 Å². The van der Waals surface area contributed by atoms with Crippen LogP contribution in [0.4, 0.5) is 5.69 Å². The van der Waals surface area contributed by atoms with Gasteiger partial charge in [-0.3, -0.25) is 9.59 Å². The van der Waals surface area contributed by atoms with E-state index in [9.17, 15) is 9.59 Å². The van der Waals surface area contributed by atoms with Gasteiger partial charge in [0.25, 0.3) is 0 Å². The Morgan fingerprint density at radius 2 is 2.10 bits per heavy atom. The van der Waals surface area contributed by atoms with Crippen LogP contribution >= 0.6 is 23.2 Å². The molecule has 0 aromatic heterocycles. The number of hydrogen-bond acceptors (Lipinski definition) is 3. The van der Waals surface area contributed by atoms with Gasteiger partial charge in [-0.2, -0.15) is 0 Å². The average Bonchev–Trinajstić information content (AvgIpc) is 2.89. The van der Waals surface area contributed by atoms with E-state index in [2.05, 4.69) is 5.32 Å². The van der Waals surface area contributed by atoms with E-state index in [1.807, 2.05) is 0 Å². The molecule has 5 nitrogen and oxygen atoms in total. The van der Waals surface area contributed by atoms with Crippen molar-refractivity contribution in [3.63, 3.8) is 0 Å². The number of nitrogens with zero attached hydrogens (tertiary/aromatic N) is 1. The monoisotopic (exact) mass is 315 g/mol. The molecule has 108 valence electrons. The molecule has 2 rings (SSSR count). The first-order valence-electron chi connectivity index (χ1n) is 6.26. The predicted octanol–water partition coefficient (Wildman–Crippen LogP) is 1.88. The van der Waals surface area contributed by atoms with Crippen LogP contribution < -0.4 is 11.1 Å². The van der Waals surface area contributed by atoms with Crippen molar-refractivity contribution in [3.05, 3.63) is 28.2 Å². The van der Waals surface area contributed by atoms with Crippen LogP contribution in [0.1, 0.15) is 12.8 Å². The fourth-order valence-corrected chi connectivity index (χ4v) is 2.54. The highest BCUT2D eigenvalue weighted by Crippen LogP contribution is 2.25. The molecule has 0 bridgehead atoms. The van der Waals surface area contributed by atoms with Crippen LogP contribution in [-0.4, -0.2) is 35.8 Å². The van der Waals surface area contributed by atoms with E-state index < -0.39 is 11.9 Å². The first kappa shape index (κ1) is 14.9. The Balaban J connectivity index is 1.94. The van der Waals surface area contributed by atoms with Crippen molar-refractivity contribution in [2.24, 2.45) is 5.73 Å². The summed E-state index contributed by atoms with van der Waals surface area (Å²) >= 11 is 11.7. The maximum Gasteiger partial charge on any atom is 0.242 e. The molecule has 1 heterocycles. The molecule has 2 amide bonds. The summed E-state index contributed by atoms with van der Waals surface area (Å²) in [7, 11) is 0. The Labute approximate surface area is 127 Å². The van der Waals surface area contributed by atoms with Gasteiger partial charge in [-0.1, -0.05) is 23.2 Å². The number of halogens is 2. The lowest BCUT2D eigenvalue weighted by molar-refractivity contribution is -0.135. The maximum atomic E-state index is 12.1. The van der Waals surface area contributed by atoms with Crippen molar-refractivity contribution in [1.82, 2.24) is 4.90 Å². The second kappa shape index (κ2) is 6.33. The minimum Gasteiger partial charge on any atom is -0.376 e. The highest BCUT2D eigenvalue weighted by atomic mass is 35.5. The molecule has 0 unspecified atom stereocenters. The lowest BCUT2D eigenvalue weighted by Gasteiger charge is -2.22. The van der Waals surface area contributed by atoms with Crippen LogP contribution in [-0.2, 0) is 9.59 Å². The predicted molar refractivity (Wildman–Crippen MR) is 78.9 cm³/mol. The first-order valence-corrected chi connectivity index (χ1v) is 7.02. The molecule has 1 aromatic carbocycles. The van der Waals surface area contributed by atoms with Crippen molar-refractivity contribution in [3.8, 4) is 0 Å². The summed E-state index contributed by atoms with van der Waals surface area (Å²) in [5, 5.41) is 3.83. The zero-order valence-electron chi connectivity index (χ0n) is 10.7. The number of rotatable bonds is 4. The van der Waals surface area contributed by atoms with Gasteiger partial charge in [-0.15, -0.1) is 0 Å². The van der Waals surface area contributed by atoms with Gasteiger partial charge in [0.2, 0.25) is 11.8 Å². The fourth-order valence-electron chi connectivity index (χ4n) is 2.25. The number of hydrogen-bond donors (Lipinski definition) is 2. The highest BCUT2D eigenvalue weighted by Gasteiger charge is 2.32. The van der Waals surface area contributed by atoms with Crippen LogP contribution in [0.2, 0.25) is 10.0 Å². The minimum absolute atomic E-state index is 0.0851. The zero-order valence-corrected chi connectivity index (χ0v) is 12.2. The van der Waals surface area contributed by atoms with E-state index in [1.54, 1.807) is 18.2 Å². The second-order valence-corrected chi connectivity index (χ2v) is 5.44. The van der Waals surface area contributed by atoms with Gasteiger partial charge in [0.15, 0.2) is 0 Å². The van der Waals surface area contributed by atoms with Gasteiger partial charge in [0, 0.05) is 12.2 Å². The van der Waals surface area contributed by atoms with Crippen molar-refractivity contribution >= 4 is 40.7 Å². The van der Waals surface area contributed by atoms with E-state index in [4.69, 9.17) is 28.9 Å². The Hall–Kier alpha value is -1.46. The highest BCUT2D eigenvalue weighted by molar-refractivity contribution is 6.42. The minimum atomic E-state index is -0.488. The van der Waals surface area contributed by atoms with Gasteiger partial charge in [-0.25, -0.2) is 0 Å². The van der Waals surface area contributed by atoms with Gasteiger partial charge in [-0.05, 0) is 31.0 Å². The molecule has 1 aromatic rings. The largest absolute Gasteiger partial charge is 0.376 e. The summed E-state index contributed by atoms with van der Waals surface area (Å²) in [5.74, 6) is -0.609. The van der Waals surface area contributed by atoms with Gasteiger partial charge >= 0.3 is 0 Å². The van der Waals surface area contributed by atoms with E-state index in [0.717, 1.165) is 6.42 Å². The number of amides is 2. The number of carbonyl (C=O) groups excluding carboxylic acids is 2. The molecule has 1 aliphatic heterocycles. The van der Waals surface area contributed by atoms with Crippen LogP contribution in [0, 0.1) is 0 Å². The van der Waals surface area contributed by atoms with Gasteiger partial charge in [0.05, 0.1) is 16.6 Å². The average molecular weight is 316 g/mol. The number of likely N-dealkylation sites (tertiary alicyclic amines) is 1. The molecule has 7 heteroatoms. The molecular formula is C13H15Cl2N3O2. The number of anilines is 1. The lowest BCUT2D eigenvalue weighted by Crippen LogP contribution is -2.45. The summed E-state index contributed by atoms with van der Waals surface area (Å²) in [6.07, 6.45) is 1.43. The number of nitrogens with two attached hydrogens (primary N) is 1. The Kier molecular flexibility index (Phi) is 4.73. The molecule has 3 N–H and O–H groups in total. The third kappa shape index (κ3) is 3.35.